The Morgan fingerprint density at radius 2 is 2.33 bits per heavy atom. The van der Waals surface area contributed by atoms with Crippen LogP contribution in [0.25, 0.3) is 0 Å². The van der Waals surface area contributed by atoms with E-state index >= 15 is 0 Å². The van der Waals surface area contributed by atoms with Gasteiger partial charge in [0.2, 0.25) is 0 Å². The van der Waals surface area contributed by atoms with Crippen molar-refractivity contribution in [3.05, 3.63) is 34.6 Å². The number of aliphatic hydroxyl groups excluding tert-OH is 1. The van der Waals surface area contributed by atoms with Crippen LogP contribution in [0.1, 0.15) is 24.5 Å². The monoisotopic (exact) mass is 246 g/mol. The maximum Gasteiger partial charge on any atom is 0.123 e. The van der Waals surface area contributed by atoms with Gasteiger partial charge in [-0.1, -0.05) is 11.6 Å². The summed E-state index contributed by atoms with van der Waals surface area (Å²) in [5.41, 5.74) is 0.510. The van der Waals surface area contributed by atoms with Crippen LogP contribution < -0.4 is 0 Å². The lowest BCUT2D eigenvalue weighted by Crippen LogP contribution is -2.12. The van der Waals surface area contributed by atoms with Crippen molar-refractivity contribution in [1.82, 2.24) is 0 Å². The zero-order chi connectivity index (χ0) is 10.8. The number of hydrogen-bond donors (Lipinski definition) is 1. The number of thioether (sulfide) groups is 1. The maximum atomic E-state index is 13.0. The molecule has 1 heterocycles. The van der Waals surface area contributed by atoms with Crippen LogP contribution in [0.4, 0.5) is 4.39 Å². The Hall–Kier alpha value is -0.250. The van der Waals surface area contributed by atoms with Crippen LogP contribution in [0.3, 0.4) is 0 Å². The predicted octanol–water partition coefficient (Wildman–Crippen LogP) is 3.41. The highest BCUT2D eigenvalue weighted by atomic mass is 35.5. The molecule has 1 aliphatic heterocycles. The Morgan fingerprint density at radius 3 is 3.00 bits per heavy atom. The zero-order valence-electron chi connectivity index (χ0n) is 8.12. The second-order valence-electron chi connectivity index (χ2n) is 3.66. The predicted molar refractivity (Wildman–Crippen MR) is 61.8 cm³/mol. The van der Waals surface area contributed by atoms with Crippen LogP contribution in [-0.2, 0) is 0 Å². The standard InChI is InChI=1S/C11H12ClFOS/c12-9-4-3-7(13)6-8(9)11(14)10-2-1-5-15-10/h3-4,6,10-11,14H,1-2,5H2. The summed E-state index contributed by atoms with van der Waals surface area (Å²) in [5, 5.41) is 10.7. The van der Waals surface area contributed by atoms with Gasteiger partial charge in [0.25, 0.3) is 0 Å². The minimum atomic E-state index is -0.652. The highest BCUT2D eigenvalue weighted by Crippen LogP contribution is 2.38. The van der Waals surface area contributed by atoms with E-state index in [1.807, 2.05) is 0 Å². The topological polar surface area (TPSA) is 20.2 Å². The van der Waals surface area contributed by atoms with Crippen LogP contribution in [0.5, 0.6) is 0 Å². The number of benzene rings is 1. The van der Waals surface area contributed by atoms with Gasteiger partial charge in [-0.25, -0.2) is 4.39 Å². The van der Waals surface area contributed by atoms with E-state index in [1.54, 1.807) is 11.8 Å². The van der Waals surface area contributed by atoms with Crippen LogP contribution in [0.2, 0.25) is 5.02 Å². The van der Waals surface area contributed by atoms with Crippen LogP contribution >= 0.6 is 23.4 Å². The van der Waals surface area contributed by atoms with Gasteiger partial charge in [0.05, 0.1) is 6.10 Å². The summed E-state index contributed by atoms with van der Waals surface area (Å²) in [5.74, 6) is 0.714. The molecule has 1 fully saturated rings. The normalized spacial score (nSPS) is 23.0. The summed E-state index contributed by atoms with van der Waals surface area (Å²) in [6, 6.07) is 4.13. The fraction of sp³-hybridized carbons (Fsp3) is 0.455. The van der Waals surface area contributed by atoms with E-state index in [0.717, 1.165) is 18.6 Å². The van der Waals surface area contributed by atoms with Gasteiger partial charge in [-0.15, -0.1) is 0 Å². The fourth-order valence-electron chi connectivity index (χ4n) is 1.79. The van der Waals surface area contributed by atoms with Crippen molar-refractivity contribution in [2.75, 3.05) is 5.75 Å². The first-order chi connectivity index (χ1) is 7.18. The van der Waals surface area contributed by atoms with Crippen molar-refractivity contribution in [2.24, 2.45) is 0 Å². The average molecular weight is 247 g/mol. The third-order valence-corrected chi connectivity index (χ3v) is 4.38. The van der Waals surface area contributed by atoms with E-state index in [1.165, 1.54) is 18.2 Å². The molecule has 2 rings (SSSR count). The van der Waals surface area contributed by atoms with Gasteiger partial charge < -0.3 is 5.11 Å². The molecular formula is C11H12ClFOS. The Bertz CT molecular complexity index is 352. The van der Waals surface area contributed by atoms with Crippen LogP contribution in [0, 0.1) is 5.82 Å². The van der Waals surface area contributed by atoms with Gasteiger partial charge in [-0.05, 0) is 36.8 Å². The van der Waals surface area contributed by atoms with Gasteiger partial charge in [0.15, 0.2) is 0 Å². The molecule has 1 aromatic carbocycles. The first-order valence-electron chi connectivity index (χ1n) is 4.93. The summed E-state index contributed by atoms with van der Waals surface area (Å²) in [7, 11) is 0. The van der Waals surface area contributed by atoms with Crippen molar-refractivity contribution >= 4 is 23.4 Å². The van der Waals surface area contributed by atoms with Crippen molar-refractivity contribution in [3.8, 4) is 0 Å². The number of rotatable bonds is 2. The van der Waals surface area contributed by atoms with E-state index in [4.69, 9.17) is 11.6 Å². The molecule has 15 heavy (non-hydrogen) atoms. The smallest absolute Gasteiger partial charge is 0.123 e. The van der Waals surface area contributed by atoms with Crippen LogP contribution in [-0.4, -0.2) is 16.1 Å². The van der Waals surface area contributed by atoms with Crippen LogP contribution in [0.15, 0.2) is 18.2 Å². The lowest BCUT2D eigenvalue weighted by atomic mass is 10.0. The number of halogens is 2. The molecule has 0 radical (unpaired) electrons. The molecule has 0 aromatic heterocycles. The summed E-state index contributed by atoms with van der Waals surface area (Å²) in [6.07, 6.45) is 1.43. The Kier molecular flexibility index (Phi) is 3.54. The largest absolute Gasteiger partial charge is 0.387 e. The summed E-state index contributed by atoms with van der Waals surface area (Å²) in [4.78, 5) is 0. The molecule has 1 N–H and O–H groups in total. The van der Waals surface area contributed by atoms with Crippen molar-refractivity contribution < 1.29 is 9.50 Å². The molecule has 2 unspecified atom stereocenters. The average Bonchev–Trinajstić information content (AvgIpc) is 2.74. The molecule has 2 atom stereocenters. The number of aliphatic hydroxyl groups is 1. The number of hydrogen-bond acceptors (Lipinski definition) is 2. The van der Waals surface area contributed by atoms with Crippen molar-refractivity contribution in [3.63, 3.8) is 0 Å². The lowest BCUT2D eigenvalue weighted by Gasteiger charge is -2.18. The SMILES string of the molecule is OC(c1cc(F)ccc1Cl)C1CCCS1. The van der Waals surface area contributed by atoms with E-state index in [0.29, 0.717) is 10.6 Å². The molecule has 0 bridgehead atoms. The Labute approximate surface area is 97.6 Å². The lowest BCUT2D eigenvalue weighted by molar-refractivity contribution is 0.173. The Morgan fingerprint density at radius 1 is 1.53 bits per heavy atom. The first-order valence-corrected chi connectivity index (χ1v) is 6.36. The molecule has 0 saturated carbocycles. The zero-order valence-corrected chi connectivity index (χ0v) is 9.69. The molecule has 4 heteroatoms. The van der Waals surface area contributed by atoms with Gasteiger partial charge in [-0.3, -0.25) is 0 Å². The summed E-state index contributed by atoms with van der Waals surface area (Å²) in [6.45, 7) is 0. The second-order valence-corrected chi connectivity index (χ2v) is 5.42. The Balaban J connectivity index is 2.23. The van der Waals surface area contributed by atoms with E-state index < -0.39 is 6.10 Å². The highest BCUT2D eigenvalue weighted by Gasteiger charge is 2.26. The minimum Gasteiger partial charge on any atom is -0.387 e. The van der Waals surface area contributed by atoms with E-state index in [-0.39, 0.29) is 11.1 Å². The van der Waals surface area contributed by atoms with Gasteiger partial charge in [0.1, 0.15) is 5.82 Å². The fourth-order valence-corrected chi connectivity index (χ4v) is 3.32. The van der Waals surface area contributed by atoms with Crippen molar-refractivity contribution in [1.29, 1.82) is 0 Å². The van der Waals surface area contributed by atoms with Gasteiger partial charge >= 0.3 is 0 Å². The minimum absolute atomic E-state index is 0.157. The molecule has 1 nitrogen and oxygen atoms in total. The molecule has 1 saturated heterocycles. The third-order valence-electron chi connectivity index (χ3n) is 2.59. The molecule has 0 aliphatic carbocycles. The third kappa shape index (κ3) is 2.47. The first kappa shape index (κ1) is 11.2. The second kappa shape index (κ2) is 4.73. The molecule has 1 aliphatic rings. The van der Waals surface area contributed by atoms with Gasteiger partial charge in [0, 0.05) is 15.8 Å². The summed E-state index contributed by atoms with van der Waals surface area (Å²) >= 11 is 7.66. The molecule has 0 amide bonds. The molecular weight excluding hydrogens is 235 g/mol. The molecule has 0 spiro atoms. The maximum absolute atomic E-state index is 13.0. The van der Waals surface area contributed by atoms with Gasteiger partial charge in [-0.2, -0.15) is 11.8 Å². The molecule has 1 aromatic rings. The molecule has 82 valence electrons. The van der Waals surface area contributed by atoms with E-state index in [9.17, 15) is 9.50 Å². The summed E-state index contributed by atoms with van der Waals surface area (Å²) < 4.78 is 13.0. The quantitative estimate of drug-likeness (QED) is 0.863. The van der Waals surface area contributed by atoms with Crippen molar-refractivity contribution in [2.45, 2.75) is 24.2 Å². The van der Waals surface area contributed by atoms with E-state index in [2.05, 4.69) is 0 Å². The highest BCUT2D eigenvalue weighted by molar-refractivity contribution is 8.00.